The van der Waals surface area contributed by atoms with Crippen LogP contribution >= 0.6 is 0 Å². The summed E-state index contributed by atoms with van der Waals surface area (Å²) in [5.41, 5.74) is 0.963. The van der Waals surface area contributed by atoms with Crippen LogP contribution in [0.25, 0.3) is 0 Å². The number of benzene rings is 1. The molecule has 0 radical (unpaired) electrons. The van der Waals surface area contributed by atoms with Crippen molar-refractivity contribution in [3.63, 3.8) is 0 Å². The average molecular weight is 207 g/mol. The average Bonchev–Trinajstić information content (AvgIpc) is 2.67. The summed E-state index contributed by atoms with van der Waals surface area (Å²) in [6.45, 7) is 1.20. The Labute approximate surface area is 87.6 Å². The zero-order valence-electron chi connectivity index (χ0n) is 8.18. The van der Waals surface area contributed by atoms with Gasteiger partial charge in [0.2, 0.25) is 0 Å². The molecule has 2 atom stereocenters. The van der Waals surface area contributed by atoms with Crippen LogP contribution in [0.1, 0.15) is 11.5 Å². The Kier molecular flexibility index (Phi) is 2.60. The van der Waals surface area contributed by atoms with E-state index in [-0.39, 0.29) is 17.6 Å². The number of aromatic hydroxyl groups is 1. The SMILES string of the molecule is O=C(O)[C@H]1CNC[C@@H]1c1ccc(O)cc1. The molecule has 1 aromatic rings. The van der Waals surface area contributed by atoms with Crippen LogP contribution in [-0.4, -0.2) is 29.3 Å². The van der Waals surface area contributed by atoms with Crippen LogP contribution in [-0.2, 0) is 4.79 Å². The molecule has 1 aliphatic rings. The summed E-state index contributed by atoms with van der Waals surface area (Å²) in [5.74, 6) is -0.924. The molecule has 1 saturated heterocycles. The summed E-state index contributed by atoms with van der Waals surface area (Å²) in [6.07, 6.45) is 0. The maximum absolute atomic E-state index is 11.0. The van der Waals surface area contributed by atoms with E-state index in [9.17, 15) is 4.79 Å². The van der Waals surface area contributed by atoms with Crippen molar-refractivity contribution in [3.05, 3.63) is 29.8 Å². The summed E-state index contributed by atoms with van der Waals surface area (Å²) in [6, 6.07) is 6.74. The summed E-state index contributed by atoms with van der Waals surface area (Å²) in [5, 5.41) is 21.2. The van der Waals surface area contributed by atoms with Crippen LogP contribution in [0.2, 0.25) is 0 Å². The number of hydrogen-bond donors (Lipinski definition) is 3. The Morgan fingerprint density at radius 3 is 2.53 bits per heavy atom. The summed E-state index contributed by atoms with van der Waals surface area (Å²) in [7, 11) is 0. The van der Waals surface area contributed by atoms with Crippen molar-refractivity contribution in [1.29, 1.82) is 0 Å². The molecule has 0 unspecified atom stereocenters. The Balaban J connectivity index is 2.22. The number of phenols is 1. The molecular weight excluding hydrogens is 194 g/mol. The molecule has 1 fully saturated rings. The number of hydrogen-bond acceptors (Lipinski definition) is 3. The molecule has 0 amide bonds. The molecule has 0 aromatic heterocycles. The summed E-state index contributed by atoms with van der Waals surface area (Å²) in [4.78, 5) is 11.0. The molecule has 15 heavy (non-hydrogen) atoms. The molecule has 0 bridgehead atoms. The first-order valence-electron chi connectivity index (χ1n) is 4.91. The van der Waals surface area contributed by atoms with Crippen molar-refractivity contribution in [1.82, 2.24) is 5.32 Å². The highest BCUT2D eigenvalue weighted by atomic mass is 16.4. The minimum atomic E-state index is -0.766. The molecule has 1 heterocycles. The van der Waals surface area contributed by atoms with Crippen molar-refractivity contribution < 1.29 is 15.0 Å². The fourth-order valence-electron chi connectivity index (χ4n) is 2.01. The van der Waals surface area contributed by atoms with Crippen LogP contribution in [0.4, 0.5) is 0 Å². The first-order chi connectivity index (χ1) is 7.18. The van der Waals surface area contributed by atoms with E-state index in [4.69, 9.17) is 10.2 Å². The van der Waals surface area contributed by atoms with E-state index in [1.807, 2.05) is 0 Å². The topological polar surface area (TPSA) is 69.6 Å². The Hall–Kier alpha value is -1.55. The molecule has 1 aromatic carbocycles. The predicted molar refractivity (Wildman–Crippen MR) is 54.8 cm³/mol. The van der Waals surface area contributed by atoms with Crippen molar-refractivity contribution >= 4 is 5.97 Å². The van der Waals surface area contributed by atoms with Gasteiger partial charge in [-0.2, -0.15) is 0 Å². The van der Waals surface area contributed by atoms with Crippen molar-refractivity contribution in [2.75, 3.05) is 13.1 Å². The Bertz CT molecular complexity index is 361. The summed E-state index contributed by atoms with van der Waals surface area (Å²) >= 11 is 0. The molecule has 80 valence electrons. The van der Waals surface area contributed by atoms with Gasteiger partial charge >= 0.3 is 5.97 Å². The van der Waals surface area contributed by atoms with Gasteiger partial charge in [0.05, 0.1) is 5.92 Å². The fraction of sp³-hybridized carbons (Fsp3) is 0.364. The van der Waals surface area contributed by atoms with Crippen molar-refractivity contribution in [2.45, 2.75) is 5.92 Å². The molecule has 3 N–H and O–H groups in total. The normalized spacial score (nSPS) is 25.3. The molecule has 4 nitrogen and oxygen atoms in total. The lowest BCUT2D eigenvalue weighted by Gasteiger charge is -2.14. The minimum absolute atomic E-state index is 0.00287. The van der Waals surface area contributed by atoms with E-state index in [2.05, 4.69) is 5.32 Å². The lowest BCUT2D eigenvalue weighted by atomic mass is 9.89. The van der Waals surface area contributed by atoms with Gasteiger partial charge in [-0.05, 0) is 17.7 Å². The Morgan fingerprint density at radius 2 is 1.93 bits per heavy atom. The van der Waals surface area contributed by atoms with Gasteiger partial charge in [0.15, 0.2) is 0 Å². The number of rotatable bonds is 2. The standard InChI is InChI=1S/C11H13NO3/c13-8-3-1-7(2-4-8)9-5-12-6-10(9)11(14)15/h1-4,9-10,12-13H,5-6H2,(H,14,15)/t9-,10+/m1/s1. The van der Waals surface area contributed by atoms with Crippen LogP contribution < -0.4 is 5.32 Å². The number of carbonyl (C=O) groups is 1. The third-order valence-electron chi connectivity index (χ3n) is 2.85. The van der Waals surface area contributed by atoms with Gasteiger partial charge in [-0.25, -0.2) is 0 Å². The maximum Gasteiger partial charge on any atom is 0.308 e. The number of carboxylic acids is 1. The highest BCUT2D eigenvalue weighted by Gasteiger charge is 2.33. The van der Waals surface area contributed by atoms with Crippen molar-refractivity contribution in [3.8, 4) is 5.75 Å². The molecular formula is C11H13NO3. The number of aliphatic carboxylic acids is 1. The van der Waals surface area contributed by atoms with Crippen LogP contribution in [0, 0.1) is 5.92 Å². The first-order valence-corrected chi connectivity index (χ1v) is 4.91. The molecule has 1 aliphatic heterocycles. The van der Waals surface area contributed by atoms with E-state index in [0.29, 0.717) is 13.1 Å². The highest BCUT2D eigenvalue weighted by molar-refractivity contribution is 5.72. The number of carboxylic acid groups (broad SMARTS) is 1. The fourth-order valence-corrected chi connectivity index (χ4v) is 2.01. The third-order valence-corrected chi connectivity index (χ3v) is 2.85. The molecule has 2 rings (SSSR count). The monoisotopic (exact) mass is 207 g/mol. The second-order valence-electron chi connectivity index (χ2n) is 3.80. The zero-order chi connectivity index (χ0) is 10.8. The molecule has 0 aliphatic carbocycles. The largest absolute Gasteiger partial charge is 0.508 e. The Morgan fingerprint density at radius 1 is 1.27 bits per heavy atom. The third kappa shape index (κ3) is 1.94. The number of phenolic OH excluding ortho intramolecular Hbond substituents is 1. The highest BCUT2D eigenvalue weighted by Crippen LogP contribution is 2.29. The lowest BCUT2D eigenvalue weighted by molar-refractivity contribution is -0.141. The maximum atomic E-state index is 11.0. The van der Waals surface area contributed by atoms with Gasteiger partial charge < -0.3 is 15.5 Å². The van der Waals surface area contributed by atoms with Gasteiger partial charge in [0.1, 0.15) is 5.75 Å². The number of nitrogens with one attached hydrogen (secondary N) is 1. The van der Waals surface area contributed by atoms with Gasteiger partial charge in [-0.3, -0.25) is 4.79 Å². The van der Waals surface area contributed by atoms with Crippen LogP contribution in [0.3, 0.4) is 0 Å². The van der Waals surface area contributed by atoms with Gasteiger partial charge in [-0.1, -0.05) is 12.1 Å². The van der Waals surface area contributed by atoms with E-state index in [1.165, 1.54) is 0 Å². The predicted octanol–water partition coefficient (Wildman–Crippen LogP) is 0.780. The second kappa shape index (κ2) is 3.90. The molecule has 4 heteroatoms. The quantitative estimate of drug-likeness (QED) is 0.670. The molecule has 0 spiro atoms. The van der Waals surface area contributed by atoms with Gasteiger partial charge in [0.25, 0.3) is 0 Å². The second-order valence-corrected chi connectivity index (χ2v) is 3.80. The first kappa shape index (κ1) is 9.98. The van der Waals surface area contributed by atoms with E-state index < -0.39 is 5.97 Å². The van der Waals surface area contributed by atoms with Crippen molar-refractivity contribution in [2.24, 2.45) is 5.92 Å². The smallest absolute Gasteiger partial charge is 0.308 e. The van der Waals surface area contributed by atoms with E-state index in [0.717, 1.165) is 5.56 Å². The van der Waals surface area contributed by atoms with Crippen LogP contribution in [0.15, 0.2) is 24.3 Å². The van der Waals surface area contributed by atoms with Gasteiger partial charge in [0, 0.05) is 19.0 Å². The lowest BCUT2D eigenvalue weighted by Crippen LogP contribution is -2.20. The summed E-state index contributed by atoms with van der Waals surface area (Å²) < 4.78 is 0. The van der Waals surface area contributed by atoms with E-state index in [1.54, 1.807) is 24.3 Å². The van der Waals surface area contributed by atoms with Gasteiger partial charge in [-0.15, -0.1) is 0 Å². The minimum Gasteiger partial charge on any atom is -0.508 e. The zero-order valence-corrected chi connectivity index (χ0v) is 8.18. The van der Waals surface area contributed by atoms with Crippen LogP contribution in [0.5, 0.6) is 5.75 Å². The van der Waals surface area contributed by atoms with E-state index >= 15 is 0 Å². The molecule has 0 saturated carbocycles.